The number of thiazole rings is 1. The lowest BCUT2D eigenvalue weighted by Gasteiger charge is -2.08. The summed E-state index contributed by atoms with van der Waals surface area (Å²) in [4.78, 5) is 28.4. The van der Waals surface area contributed by atoms with Crippen LogP contribution in [0, 0.1) is 18.3 Å². The van der Waals surface area contributed by atoms with Gasteiger partial charge in [-0.25, -0.2) is 9.78 Å². The number of rotatable bonds is 5. The number of hydrogen-bond donors (Lipinski definition) is 2. The van der Waals surface area contributed by atoms with Crippen LogP contribution in [0.25, 0.3) is 0 Å². The van der Waals surface area contributed by atoms with Crippen LogP contribution in [-0.4, -0.2) is 22.8 Å². The fraction of sp³-hybridized carbons (Fsp3) is 0.294. The van der Waals surface area contributed by atoms with E-state index in [0.29, 0.717) is 16.3 Å². The highest BCUT2D eigenvalue weighted by molar-refractivity contribution is 7.10. The molecule has 0 spiro atoms. The molecule has 7 heteroatoms. The van der Waals surface area contributed by atoms with E-state index in [1.807, 2.05) is 18.4 Å². The quantitative estimate of drug-likeness (QED) is 0.817. The SMILES string of the molecule is Cc1csc(C(C#N)C(=O)c2ccc(NC(=O)NC3CC3)cc2)n1. The maximum atomic E-state index is 12.5. The van der Waals surface area contributed by atoms with Gasteiger partial charge in [-0.2, -0.15) is 5.26 Å². The highest BCUT2D eigenvalue weighted by Crippen LogP contribution is 2.24. The summed E-state index contributed by atoms with van der Waals surface area (Å²) in [6.07, 6.45) is 2.04. The van der Waals surface area contributed by atoms with E-state index in [-0.39, 0.29) is 17.9 Å². The number of aryl methyl sites for hydroxylation is 1. The van der Waals surface area contributed by atoms with Crippen LogP contribution in [0.15, 0.2) is 29.6 Å². The zero-order chi connectivity index (χ0) is 17.1. The van der Waals surface area contributed by atoms with Crippen LogP contribution < -0.4 is 10.6 Å². The average molecular weight is 340 g/mol. The van der Waals surface area contributed by atoms with E-state index in [4.69, 9.17) is 0 Å². The van der Waals surface area contributed by atoms with Crippen molar-refractivity contribution in [1.82, 2.24) is 10.3 Å². The largest absolute Gasteiger partial charge is 0.335 e. The summed E-state index contributed by atoms with van der Waals surface area (Å²) in [5.74, 6) is -1.19. The predicted molar refractivity (Wildman–Crippen MR) is 91.2 cm³/mol. The van der Waals surface area contributed by atoms with Gasteiger partial charge in [0.1, 0.15) is 5.01 Å². The minimum Gasteiger partial charge on any atom is -0.335 e. The molecule has 24 heavy (non-hydrogen) atoms. The van der Waals surface area contributed by atoms with Crippen molar-refractivity contribution in [2.24, 2.45) is 0 Å². The molecule has 122 valence electrons. The number of nitriles is 1. The Labute approximate surface area is 143 Å². The van der Waals surface area contributed by atoms with E-state index in [9.17, 15) is 14.9 Å². The Kier molecular flexibility index (Phi) is 4.58. The maximum absolute atomic E-state index is 12.5. The first-order chi connectivity index (χ1) is 11.6. The Morgan fingerprint density at radius 1 is 1.33 bits per heavy atom. The Hall–Kier alpha value is -2.72. The number of hydrogen-bond acceptors (Lipinski definition) is 5. The van der Waals surface area contributed by atoms with Crippen LogP contribution in [0.4, 0.5) is 10.5 Å². The number of benzene rings is 1. The summed E-state index contributed by atoms with van der Waals surface area (Å²) >= 11 is 1.31. The number of carbonyl (C=O) groups is 2. The van der Waals surface area contributed by atoms with Crippen molar-refractivity contribution in [3.63, 3.8) is 0 Å². The van der Waals surface area contributed by atoms with E-state index in [1.54, 1.807) is 24.3 Å². The summed E-state index contributed by atoms with van der Waals surface area (Å²) < 4.78 is 0. The van der Waals surface area contributed by atoms with Crippen molar-refractivity contribution in [2.75, 3.05) is 5.32 Å². The Bertz CT molecular complexity index is 803. The second-order valence-electron chi connectivity index (χ2n) is 5.70. The Balaban J connectivity index is 1.68. The van der Waals surface area contributed by atoms with E-state index in [2.05, 4.69) is 15.6 Å². The van der Waals surface area contributed by atoms with Gasteiger partial charge < -0.3 is 10.6 Å². The molecule has 1 aromatic carbocycles. The first-order valence-corrected chi connectivity index (χ1v) is 8.48. The first-order valence-electron chi connectivity index (χ1n) is 7.60. The second-order valence-corrected chi connectivity index (χ2v) is 6.59. The van der Waals surface area contributed by atoms with Crippen LogP contribution in [0.3, 0.4) is 0 Å². The van der Waals surface area contributed by atoms with Gasteiger partial charge in [-0.3, -0.25) is 4.79 Å². The summed E-state index contributed by atoms with van der Waals surface area (Å²) in [7, 11) is 0. The predicted octanol–water partition coefficient (Wildman–Crippen LogP) is 3.23. The molecule has 1 fully saturated rings. The Morgan fingerprint density at radius 3 is 2.58 bits per heavy atom. The normalized spacial score (nSPS) is 14.5. The van der Waals surface area contributed by atoms with Crippen molar-refractivity contribution in [3.05, 3.63) is 45.9 Å². The van der Waals surface area contributed by atoms with Gasteiger partial charge in [0.25, 0.3) is 0 Å². The smallest absolute Gasteiger partial charge is 0.319 e. The molecule has 1 unspecified atom stereocenters. The molecule has 2 N–H and O–H groups in total. The van der Waals surface area contributed by atoms with E-state index in [0.717, 1.165) is 18.5 Å². The van der Waals surface area contributed by atoms with Gasteiger partial charge >= 0.3 is 6.03 Å². The summed E-state index contributed by atoms with van der Waals surface area (Å²) in [5.41, 5.74) is 1.81. The molecule has 1 aliphatic rings. The molecule has 1 atom stereocenters. The standard InChI is InChI=1S/C17H16N4O2S/c1-10-9-24-16(19-10)14(8-18)15(22)11-2-4-12(5-3-11)20-17(23)21-13-6-7-13/h2-5,9,13-14H,6-7H2,1H3,(H2,20,21,23). The minimum absolute atomic E-state index is 0.246. The fourth-order valence-electron chi connectivity index (χ4n) is 2.20. The summed E-state index contributed by atoms with van der Waals surface area (Å²) in [6, 6.07) is 8.59. The van der Waals surface area contributed by atoms with Crippen LogP contribution in [0.5, 0.6) is 0 Å². The zero-order valence-corrected chi connectivity index (χ0v) is 13.9. The van der Waals surface area contributed by atoms with Crippen molar-refractivity contribution >= 4 is 28.8 Å². The molecule has 3 rings (SSSR count). The molecule has 0 radical (unpaired) electrons. The van der Waals surface area contributed by atoms with Gasteiger partial charge in [0.2, 0.25) is 0 Å². The molecule has 0 aliphatic heterocycles. The number of aromatic nitrogens is 1. The lowest BCUT2D eigenvalue weighted by molar-refractivity contribution is 0.0979. The highest BCUT2D eigenvalue weighted by atomic mass is 32.1. The van der Waals surface area contributed by atoms with Crippen LogP contribution in [-0.2, 0) is 0 Å². The monoisotopic (exact) mass is 340 g/mol. The van der Waals surface area contributed by atoms with E-state index in [1.165, 1.54) is 11.3 Å². The molecule has 1 saturated carbocycles. The third kappa shape index (κ3) is 3.78. The van der Waals surface area contributed by atoms with Crippen molar-refractivity contribution in [1.29, 1.82) is 5.26 Å². The number of carbonyl (C=O) groups excluding carboxylic acids is 2. The third-order valence-corrected chi connectivity index (χ3v) is 4.64. The lowest BCUT2D eigenvalue weighted by Crippen LogP contribution is -2.30. The molecule has 2 aromatic rings. The average Bonchev–Trinajstić information content (AvgIpc) is 3.27. The summed E-state index contributed by atoms with van der Waals surface area (Å²) in [5, 5.41) is 17.2. The van der Waals surface area contributed by atoms with E-state index < -0.39 is 5.92 Å². The van der Waals surface area contributed by atoms with Crippen molar-refractivity contribution in [3.8, 4) is 6.07 Å². The molecule has 6 nitrogen and oxygen atoms in total. The number of ketones is 1. The third-order valence-electron chi connectivity index (χ3n) is 3.61. The number of urea groups is 1. The number of nitrogens with one attached hydrogen (secondary N) is 2. The van der Waals surface area contributed by atoms with Gasteiger partial charge in [-0.15, -0.1) is 11.3 Å². The number of anilines is 1. The topological polar surface area (TPSA) is 94.9 Å². The molecular weight excluding hydrogens is 324 g/mol. The van der Waals surface area contributed by atoms with Crippen molar-refractivity contribution in [2.45, 2.75) is 31.7 Å². The van der Waals surface area contributed by atoms with Gasteiger partial charge in [-0.05, 0) is 44.0 Å². The molecule has 2 amide bonds. The van der Waals surface area contributed by atoms with Gasteiger partial charge in [0.15, 0.2) is 11.7 Å². The molecule has 0 saturated heterocycles. The van der Waals surface area contributed by atoms with Crippen LogP contribution in [0.2, 0.25) is 0 Å². The Morgan fingerprint density at radius 2 is 2.04 bits per heavy atom. The minimum atomic E-state index is -0.902. The zero-order valence-electron chi connectivity index (χ0n) is 13.1. The highest BCUT2D eigenvalue weighted by Gasteiger charge is 2.25. The lowest BCUT2D eigenvalue weighted by atomic mass is 9.99. The van der Waals surface area contributed by atoms with Crippen molar-refractivity contribution < 1.29 is 9.59 Å². The fourth-order valence-corrected chi connectivity index (χ4v) is 3.03. The second kappa shape index (κ2) is 6.81. The van der Waals surface area contributed by atoms with Crippen LogP contribution in [0.1, 0.15) is 39.8 Å². The van der Waals surface area contributed by atoms with E-state index >= 15 is 0 Å². The molecular formula is C17H16N4O2S. The molecule has 1 aromatic heterocycles. The molecule has 1 aliphatic carbocycles. The van der Waals surface area contributed by atoms with Gasteiger partial charge in [0.05, 0.1) is 6.07 Å². The first kappa shape index (κ1) is 16.1. The molecule has 1 heterocycles. The molecule has 0 bridgehead atoms. The maximum Gasteiger partial charge on any atom is 0.319 e. The van der Waals surface area contributed by atoms with Gasteiger partial charge in [0, 0.05) is 28.4 Å². The number of amides is 2. The summed E-state index contributed by atoms with van der Waals surface area (Å²) in [6.45, 7) is 1.83. The number of nitrogens with zero attached hydrogens (tertiary/aromatic N) is 2. The van der Waals surface area contributed by atoms with Crippen LogP contribution >= 0.6 is 11.3 Å². The van der Waals surface area contributed by atoms with Gasteiger partial charge in [-0.1, -0.05) is 0 Å². The number of Topliss-reactive ketones (excluding diaryl/α,β-unsaturated/α-hetero) is 1.